The lowest BCUT2D eigenvalue weighted by atomic mass is 9.80. The second-order valence-electron chi connectivity index (χ2n) is 10.2. The van der Waals surface area contributed by atoms with E-state index in [9.17, 15) is 14.7 Å². The fraction of sp³-hybridized carbons (Fsp3) is 0.613. The van der Waals surface area contributed by atoms with Gasteiger partial charge in [0.1, 0.15) is 12.3 Å². The Hall–Kier alpha value is -3.38. The van der Waals surface area contributed by atoms with Crippen molar-refractivity contribution < 1.29 is 43.1 Å². The van der Waals surface area contributed by atoms with Gasteiger partial charge in [-0.2, -0.15) is 0 Å². The molecule has 2 aromatic rings. The van der Waals surface area contributed by atoms with E-state index >= 15 is 0 Å². The van der Waals surface area contributed by atoms with Crippen molar-refractivity contribution in [1.29, 1.82) is 0 Å². The van der Waals surface area contributed by atoms with E-state index in [1.165, 1.54) is 13.0 Å². The fourth-order valence-corrected chi connectivity index (χ4v) is 5.21. The smallest absolute Gasteiger partial charge is 0.335 e. The number of anilines is 1. The van der Waals surface area contributed by atoms with Gasteiger partial charge in [-0.1, -0.05) is 25.0 Å². The minimum atomic E-state index is -1.03. The van der Waals surface area contributed by atoms with Gasteiger partial charge in [0.05, 0.1) is 90.5 Å². The van der Waals surface area contributed by atoms with Gasteiger partial charge in [-0.3, -0.25) is 4.79 Å². The zero-order chi connectivity index (χ0) is 31.7. The predicted molar refractivity (Wildman–Crippen MR) is 161 cm³/mol. The van der Waals surface area contributed by atoms with Crippen molar-refractivity contribution in [3.8, 4) is 12.3 Å². The Balaban J connectivity index is 1.36. The summed E-state index contributed by atoms with van der Waals surface area (Å²) in [5.41, 5.74) is 2.22. The van der Waals surface area contributed by atoms with Crippen LogP contribution in [0.15, 0.2) is 24.4 Å². The monoisotopic (exact) mass is 616 g/mol. The molecule has 2 heterocycles. The van der Waals surface area contributed by atoms with E-state index in [0.717, 1.165) is 12.0 Å². The number of hydrogen-bond donors (Lipinski definition) is 1. The number of aromatic carboxylic acids is 1. The SMILES string of the molecule is C#CCOCCOCCOCCOCCOCCOCc1cn([C@@H]2c3cc(C(=O)O)ccc3N(C(C)=O)C(CC)C2C)nn1. The van der Waals surface area contributed by atoms with Crippen molar-refractivity contribution >= 4 is 17.6 Å². The Morgan fingerprint density at radius 1 is 0.932 bits per heavy atom. The number of carboxylic acids is 1. The van der Waals surface area contributed by atoms with E-state index in [1.807, 2.05) is 13.1 Å². The first-order chi connectivity index (χ1) is 21.4. The zero-order valence-corrected chi connectivity index (χ0v) is 25.8. The number of ether oxygens (including phenoxy) is 6. The summed E-state index contributed by atoms with van der Waals surface area (Å²) in [7, 11) is 0. The van der Waals surface area contributed by atoms with Gasteiger partial charge in [0.15, 0.2) is 0 Å². The first kappa shape index (κ1) is 35.1. The molecule has 1 N–H and O–H groups in total. The number of fused-ring (bicyclic) bond motifs is 1. The molecule has 0 saturated carbocycles. The molecule has 3 rings (SSSR count). The predicted octanol–water partition coefficient (Wildman–Crippen LogP) is 2.58. The van der Waals surface area contributed by atoms with Crippen molar-refractivity contribution in [3.63, 3.8) is 0 Å². The maximum absolute atomic E-state index is 12.6. The van der Waals surface area contributed by atoms with Gasteiger partial charge >= 0.3 is 5.97 Å². The molecule has 1 aliphatic heterocycles. The van der Waals surface area contributed by atoms with Gasteiger partial charge in [-0.05, 0) is 24.6 Å². The second-order valence-corrected chi connectivity index (χ2v) is 10.2. The van der Waals surface area contributed by atoms with Crippen molar-refractivity contribution in [3.05, 3.63) is 41.2 Å². The van der Waals surface area contributed by atoms with E-state index in [4.69, 9.17) is 34.8 Å². The molecular formula is C31H44N4O9. The Morgan fingerprint density at radius 2 is 1.50 bits per heavy atom. The van der Waals surface area contributed by atoms with Gasteiger partial charge in [-0.25, -0.2) is 9.48 Å². The maximum atomic E-state index is 12.6. The molecule has 3 atom stereocenters. The van der Waals surface area contributed by atoms with Crippen LogP contribution < -0.4 is 4.90 Å². The highest BCUT2D eigenvalue weighted by molar-refractivity contribution is 5.95. The average molecular weight is 617 g/mol. The van der Waals surface area contributed by atoms with E-state index in [-0.39, 0.29) is 36.1 Å². The number of amides is 1. The van der Waals surface area contributed by atoms with Crippen molar-refractivity contribution in [1.82, 2.24) is 15.0 Å². The summed E-state index contributed by atoms with van der Waals surface area (Å²) in [5, 5.41) is 18.2. The lowest BCUT2D eigenvalue weighted by Crippen LogP contribution is -2.49. The summed E-state index contributed by atoms with van der Waals surface area (Å²) in [6, 6.07) is 4.50. The van der Waals surface area contributed by atoms with Crippen LogP contribution in [0.5, 0.6) is 0 Å². The molecule has 1 aromatic carbocycles. The Labute approximate surface area is 258 Å². The molecule has 2 unspecified atom stereocenters. The second kappa shape index (κ2) is 19.1. The summed E-state index contributed by atoms with van der Waals surface area (Å²) >= 11 is 0. The number of rotatable bonds is 21. The molecule has 44 heavy (non-hydrogen) atoms. The molecule has 0 radical (unpaired) electrons. The Kier molecular flexibility index (Phi) is 15.2. The largest absolute Gasteiger partial charge is 0.478 e. The number of aromatic nitrogens is 3. The molecule has 1 amide bonds. The third-order valence-corrected chi connectivity index (χ3v) is 7.18. The van der Waals surface area contributed by atoms with Crippen molar-refractivity contribution in [2.75, 3.05) is 77.6 Å². The van der Waals surface area contributed by atoms with Crippen LogP contribution in [0.4, 0.5) is 5.69 Å². The van der Waals surface area contributed by atoms with E-state index in [2.05, 4.69) is 23.2 Å². The van der Waals surface area contributed by atoms with Crippen molar-refractivity contribution in [2.45, 2.75) is 45.9 Å². The molecule has 0 fully saturated rings. The van der Waals surface area contributed by atoms with Gasteiger partial charge in [-0.15, -0.1) is 11.5 Å². The quantitative estimate of drug-likeness (QED) is 0.163. The van der Waals surface area contributed by atoms with Crippen LogP contribution in [0.2, 0.25) is 0 Å². The topological polar surface area (TPSA) is 144 Å². The minimum absolute atomic E-state index is 0.0394. The third-order valence-electron chi connectivity index (χ3n) is 7.18. The number of terminal acetylenes is 1. The molecule has 0 saturated heterocycles. The van der Waals surface area contributed by atoms with E-state index in [1.54, 1.807) is 21.7 Å². The first-order valence-corrected chi connectivity index (χ1v) is 14.9. The van der Waals surface area contributed by atoms with Crippen LogP contribution in [0.3, 0.4) is 0 Å². The van der Waals surface area contributed by atoms with Crippen LogP contribution >= 0.6 is 0 Å². The number of carbonyl (C=O) groups excluding carboxylic acids is 1. The number of benzene rings is 1. The standard InChI is InChI=1S/C31H44N4O9/c1-5-9-39-10-11-40-12-13-41-14-15-42-16-17-43-18-19-44-22-26-21-34(33-32-26)30-23(3)28(6-2)35(24(4)36)29-8-7-25(31(37)38)20-27(29)30/h1,7-8,20-21,23,28,30H,6,9-19,22H2,2-4H3,(H,37,38)/t23?,28?,30-/m0/s1. The average Bonchev–Trinajstić information content (AvgIpc) is 3.47. The molecule has 13 heteroatoms. The zero-order valence-electron chi connectivity index (χ0n) is 25.8. The van der Waals surface area contributed by atoms with Crippen LogP contribution in [-0.4, -0.2) is 111 Å². The highest BCUT2D eigenvalue weighted by Gasteiger charge is 2.41. The Morgan fingerprint density at radius 3 is 2.02 bits per heavy atom. The third kappa shape index (κ3) is 10.4. The molecule has 0 aliphatic carbocycles. The Bertz CT molecular complexity index is 1210. The normalized spacial score (nSPS) is 17.8. The van der Waals surface area contributed by atoms with Gasteiger partial charge < -0.3 is 38.4 Å². The van der Waals surface area contributed by atoms with Crippen LogP contribution in [0.25, 0.3) is 0 Å². The molecule has 242 valence electrons. The number of carbonyl (C=O) groups is 2. The highest BCUT2D eigenvalue weighted by Crippen LogP contribution is 2.44. The summed E-state index contributed by atoms with van der Waals surface area (Å²) < 4.78 is 34.4. The summed E-state index contributed by atoms with van der Waals surface area (Å²) in [6.07, 6.45) is 7.64. The molecule has 1 aromatic heterocycles. The maximum Gasteiger partial charge on any atom is 0.335 e. The fourth-order valence-electron chi connectivity index (χ4n) is 5.21. The number of hydrogen-bond acceptors (Lipinski definition) is 10. The molecule has 1 aliphatic rings. The summed E-state index contributed by atoms with van der Waals surface area (Å²) in [5.74, 6) is 1.24. The molecule has 13 nitrogen and oxygen atoms in total. The minimum Gasteiger partial charge on any atom is -0.478 e. The molecule has 0 spiro atoms. The number of nitrogens with zero attached hydrogens (tertiary/aromatic N) is 4. The first-order valence-electron chi connectivity index (χ1n) is 14.9. The van der Waals surface area contributed by atoms with E-state index in [0.29, 0.717) is 84.1 Å². The van der Waals surface area contributed by atoms with Gasteiger partial charge in [0, 0.05) is 30.1 Å². The van der Waals surface area contributed by atoms with Crippen LogP contribution in [0.1, 0.15) is 54.8 Å². The van der Waals surface area contributed by atoms with Crippen LogP contribution in [0, 0.1) is 18.3 Å². The molecular weight excluding hydrogens is 572 g/mol. The lowest BCUT2D eigenvalue weighted by Gasteiger charge is -2.44. The highest BCUT2D eigenvalue weighted by atomic mass is 16.6. The summed E-state index contributed by atoms with van der Waals surface area (Å²) in [6.45, 7) is 10.7. The van der Waals surface area contributed by atoms with Crippen LogP contribution in [-0.2, 0) is 39.8 Å². The summed E-state index contributed by atoms with van der Waals surface area (Å²) in [4.78, 5) is 26.1. The lowest BCUT2D eigenvalue weighted by molar-refractivity contribution is -0.117. The molecule has 0 bridgehead atoms. The van der Waals surface area contributed by atoms with Gasteiger partial charge in [0.25, 0.3) is 0 Å². The van der Waals surface area contributed by atoms with Gasteiger partial charge in [0.2, 0.25) is 5.91 Å². The van der Waals surface area contributed by atoms with E-state index < -0.39 is 5.97 Å². The van der Waals surface area contributed by atoms with Crippen molar-refractivity contribution in [2.24, 2.45) is 5.92 Å². The number of carboxylic acid groups (broad SMARTS) is 1.